The Morgan fingerprint density at radius 2 is 1.97 bits per heavy atom. The molecule has 0 spiro atoms. The molecule has 2 aromatic rings. The van der Waals surface area contributed by atoms with Crippen molar-refractivity contribution < 1.29 is 18.7 Å². The first-order valence-electron chi connectivity index (χ1n) is 9.94. The quantitative estimate of drug-likeness (QED) is 0.695. The van der Waals surface area contributed by atoms with E-state index in [1.54, 1.807) is 18.2 Å². The van der Waals surface area contributed by atoms with Gasteiger partial charge in [-0.15, -0.1) is 0 Å². The third-order valence-corrected chi connectivity index (χ3v) is 5.04. The lowest BCUT2D eigenvalue weighted by Crippen LogP contribution is -2.50. The lowest BCUT2D eigenvalue weighted by atomic mass is 10.0. The van der Waals surface area contributed by atoms with Crippen LogP contribution in [0.15, 0.2) is 42.5 Å². The van der Waals surface area contributed by atoms with Crippen molar-refractivity contribution in [3.63, 3.8) is 0 Å². The van der Waals surface area contributed by atoms with Crippen LogP contribution in [0.2, 0.25) is 0 Å². The van der Waals surface area contributed by atoms with Crippen LogP contribution < -0.4 is 20.9 Å². The average molecular weight is 414 g/mol. The van der Waals surface area contributed by atoms with Gasteiger partial charge in [0.1, 0.15) is 5.82 Å². The molecule has 0 saturated carbocycles. The van der Waals surface area contributed by atoms with E-state index < -0.39 is 6.09 Å². The van der Waals surface area contributed by atoms with Crippen molar-refractivity contribution in [3.05, 3.63) is 59.4 Å². The second-order valence-corrected chi connectivity index (χ2v) is 7.38. The Balaban J connectivity index is 1.48. The first-order valence-corrected chi connectivity index (χ1v) is 9.94. The van der Waals surface area contributed by atoms with Crippen LogP contribution in [-0.4, -0.2) is 38.4 Å². The van der Waals surface area contributed by atoms with E-state index in [0.29, 0.717) is 24.5 Å². The van der Waals surface area contributed by atoms with Gasteiger partial charge in [0, 0.05) is 31.4 Å². The van der Waals surface area contributed by atoms with Crippen LogP contribution in [0.3, 0.4) is 0 Å². The SMILES string of the molecule is COC(=O)Nc1ccc(CNC(=O)NC2CCCN(c3cc(C)ccc3F)C2)cc1. The highest BCUT2D eigenvalue weighted by Crippen LogP contribution is 2.24. The minimum absolute atomic E-state index is 0.0507. The third-order valence-electron chi connectivity index (χ3n) is 5.04. The number of hydrogen-bond donors (Lipinski definition) is 3. The van der Waals surface area contributed by atoms with Gasteiger partial charge in [-0.1, -0.05) is 18.2 Å². The largest absolute Gasteiger partial charge is 0.453 e. The highest BCUT2D eigenvalue weighted by Gasteiger charge is 2.23. The molecule has 1 unspecified atom stereocenters. The summed E-state index contributed by atoms with van der Waals surface area (Å²) in [5.74, 6) is -0.240. The number of halogens is 1. The number of carbonyl (C=O) groups excluding carboxylic acids is 2. The van der Waals surface area contributed by atoms with Gasteiger partial charge in [0.2, 0.25) is 0 Å². The van der Waals surface area contributed by atoms with Crippen molar-refractivity contribution in [3.8, 4) is 0 Å². The van der Waals surface area contributed by atoms with E-state index in [-0.39, 0.29) is 17.9 Å². The van der Waals surface area contributed by atoms with Crippen molar-refractivity contribution in [1.29, 1.82) is 0 Å². The minimum atomic E-state index is -0.535. The smallest absolute Gasteiger partial charge is 0.411 e. The molecule has 2 aromatic carbocycles. The van der Waals surface area contributed by atoms with Crippen LogP contribution in [0, 0.1) is 12.7 Å². The Morgan fingerprint density at radius 1 is 1.20 bits per heavy atom. The van der Waals surface area contributed by atoms with E-state index in [1.807, 2.05) is 30.0 Å². The first-order chi connectivity index (χ1) is 14.4. The number of ether oxygens (including phenoxy) is 1. The maximum absolute atomic E-state index is 14.2. The van der Waals surface area contributed by atoms with Crippen LogP contribution >= 0.6 is 0 Å². The fourth-order valence-electron chi connectivity index (χ4n) is 3.47. The Hall–Kier alpha value is -3.29. The minimum Gasteiger partial charge on any atom is -0.453 e. The summed E-state index contributed by atoms with van der Waals surface area (Å²) in [6, 6.07) is 11.9. The molecular formula is C22H27FN4O3. The van der Waals surface area contributed by atoms with Gasteiger partial charge in [0.15, 0.2) is 0 Å². The van der Waals surface area contributed by atoms with Gasteiger partial charge in [-0.05, 0) is 55.2 Å². The zero-order valence-corrected chi connectivity index (χ0v) is 17.2. The standard InChI is InChI=1S/C22H27FN4O3/c1-15-5-10-19(23)20(12-15)27-11-3-4-18(14-27)25-21(28)24-13-16-6-8-17(9-7-16)26-22(29)30-2/h5-10,12,18H,3-4,11,13-14H2,1-2H3,(H,26,29)(H2,24,25,28). The summed E-state index contributed by atoms with van der Waals surface area (Å²) in [7, 11) is 1.30. The Bertz CT molecular complexity index is 888. The van der Waals surface area contributed by atoms with Crippen molar-refractivity contribution >= 4 is 23.5 Å². The fraction of sp³-hybridized carbons (Fsp3) is 0.364. The monoisotopic (exact) mass is 414 g/mol. The van der Waals surface area contributed by atoms with E-state index in [4.69, 9.17) is 0 Å². The van der Waals surface area contributed by atoms with Gasteiger partial charge >= 0.3 is 12.1 Å². The van der Waals surface area contributed by atoms with E-state index >= 15 is 0 Å². The summed E-state index contributed by atoms with van der Waals surface area (Å²) in [5.41, 5.74) is 3.10. The molecule has 7 nitrogen and oxygen atoms in total. The van der Waals surface area contributed by atoms with Gasteiger partial charge in [-0.25, -0.2) is 14.0 Å². The first kappa shape index (κ1) is 21.4. The number of rotatable bonds is 5. The molecule has 3 rings (SSSR count). The second kappa shape index (κ2) is 9.96. The van der Waals surface area contributed by atoms with Gasteiger partial charge in [0.05, 0.1) is 12.8 Å². The zero-order chi connectivity index (χ0) is 21.5. The maximum Gasteiger partial charge on any atom is 0.411 e. The molecular weight excluding hydrogens is 387 g/mol. The second-order valence-electron chi connectivity index (χ2n) is 7.38. The predicted octanol–water partition coefficient (Wildman–Crippen LogP) is 3.78. The molecule has 1 aliphatic rings. The molecule has 160 valence electrons. The van der Waals surface area contributed by atoms with Crippen LogP contribution in [0.25, 0.3) is 0 Å². The molecule has 1 heterocycles. The van der Waals surface area contributed by atoms with Crippen molar-refractivity contribution in [1.82, 2.24) is 10.6 Å². The van der Waals surface area contributed by atoms with Gasteiger partial charge in [-0.2, -0.15) is 0 Å². The third kappa shape index (κ3) is 5.85. The number of amides is 3. The van der Waals surface area contributed by atoms with E-state index in [1.165, 1.54) is 13.2 Å². The molecule has 30 heavy (non-hydrogen) atoms. The zero-order valence-electron chi connectivity index (χ0n) is 17.2. The molecule has 0 aromatic heterocycles. The average Bonchev–Trinajstić information content (AvgIpc) is 2.75. The molecule has 3 N–H and O–H groups in total. The molecule has 0 aliphatic carbocycles. The van der Waals surface area contributed by atoms with Gasteiger partial charge < -0.3 is 20.3 Å². The highest BCUT2D eigenvalue weighted by molar-refractivity contribution is 5.84. The predicted molar refractivity (Wildman–Crippen MR) is 114 cm³/mol. The van der Waals surface area contributed by atoms with Gasteiger partial charge in [-0.3, -0.25) is 5.32 Å². The number of hydrogen-bond acceptors (Lipinski definition) is 4. The molecule has 1 saturated heterocycles. The van der Waals surface area contributed by atoms with Crippen LogP contribution in [0.5, 0.6) is 0 Å². The number of nitrogens with one attached hydrogen (secondary N) is 3. The molecule has 1 aliphatic heterocycles. The molecule has 3 amide bonds. The summed E-state index contributed by atoms with van der Waals surface area (Å²) in [6.07, 6.45) is 1.20. The van der Waals surface area contributed by atoms with Gasteiger partial charge in [0.25, 0.3) is 0 Å². The van der Waals surface area contributed by atoms with Crippen molar-refractivity contribution in [2.24, 2.45) is 0 Å². The number of anilines is 2. The number of urea groups is 1. The number of benzene rings is 2. The summed E-state index contributed by atoms with van der Waals surface area (Å²) in [6.45, 7) is 3.63. The normalized spacial score (nSPS) is 16.0. The number of aryl methyl sites for hydroxylation is 1. The molecule has 0 radical (unpaired) electrons. The summed E-state index contributed by atoms with van der Waals surface area (Å²) in [5, 5.41) is 8.39. The summed E-state index contributed by atoms with van der Waals surface area (Å²) in [4.78, 5) is 25.5. The Kier molecular flexibility index (Phi) is 7.11. The number of carbonyl (C=O) groups is 2. The fourth-order valence-corrected chi connectivity index (χ4v) is 3.47. The highest BCUT2D eigenvalue weighted by atomic mass is 19.1. The molecule has 0 bridgehead atoms. The van der Waals surface area contributed by atoms with E-state index in [2.05, 4.69) is 20.7 Å². The van der Waals surface area contributed by atoms with Crippen molar-refractivity contribution in [2.45, 2.75) is 32.4 Å². The van der Waals surface area contributed by atoms with E-state index in [0.717, 1.165) is 30.5 Å². The lowest BCUT2D eigenvalue weighted by Gasteiger charge is -2.35. The number of piperidine rings is 1. The van der Waals surface area contributed by atoms with Crippen LogP contribution in [0.4, 0.5) is 25.4 Å². The summed E-state index contributed by atoms with van der Waals surface area (Å²) < 4.78 is 18.7. The molecule has 1 fully saturated rings. The Morgan fingerprint density at radius 3 is 2.70 bits per heavy atom. The Labute approximate surface area is 175 Å². The topological polar surface area (TPSA) is 82.7 Å². The van der Waals surface area contributed by atoms with Crippen LogP contribution in [0.1, 0.15) is 24.0 Å². The summed E-state index contributed by atoms with van der Waals surface area (Å²) >= 11 is 0. The number of methoxy groups -OCH3 is 1. The molecule has 8 heteroatoms. The molecule has 1 atom stereocenters. The van der Waals surface area contributed by atoms with Crippen LogP contribution in [-0.2, 0) is 11.3 Å². The lowest BCUT2D eigenvalue weighted by molar-refractivity contribution is 0.187. The number of nitrogens with zero attached hydrogens (tertiary/aromatic N) is 1. The van der Waals surface area contributed by atoms with Crippen molar-refractivity contribution in [2.75, 3.05) is 30.4 Å². The van der Waals surface area contributed by atoms with E-state index in [9.17, 15) is 14.0 Å². The maximum atomic E-state index is 14.2.